The van der Waals surface area contributed by atoms with E-state index in [4.69, 9.17) is 11.5 Å². The van der Waals surface area contributed by atoms with Crippen molar-refractivity contribution >= 4 is 23.3 Å². The van der Waals surface area contributed by atoms with Crippen molar-refractivity contribution in [3.05, 3.63) is 35.5 Å². The number of amides is 2. The first-order chi connectivity index (χ1) is 8.59. The summed E-state index contributed by atoms with van der Waals surface area (Å²) in [4.78, 5) is 22.9. The molecule has 2 aromatic rings. The molecule has 0 bridgehead atoms. The maximum absolute atomic E-state index is 11.8. The molecule has 0 fully saturated rings. The van der Waals surface area contributed by atoms with Crippen molar-refractivity contribution in [2.75, 3.05) is 11.1 Å². The van der Waals surface area contributed by atoms with Gasteiger partial charge in [-0.2, -0.15) is 0 Å². The van der Waals surface area contributed by atoms with Gasteiger partial charge in [-0.3, -0.25) is 9.59 Å². The van der Waals surface area contributed by atoms with Gasteiger partial charge in [-0.05, 0) is 22.4 Å². The van der Waals surface area contributed by atoms with Gasteiger partial charge in [-0.15, -0.1) is 0 Å². The van der Waals surface area contributed by atoms with E-state index in [0.29, 0.717) is 0 Å². The van der Waals surface area contributed by atoms with Gasteiger partial charge in [0.05, 0.1) is 11.3 Å². The van der Waals surface area contributed by atoms with E-state index < -0.39 is 11.8 Å². The molecule has 1 aromatic heterocycles. The summed E-state index contributed by atoms with van der Waals surface area (Å²) in [6, 6.07) is 6.29. The summed E-state index contributed by atoms with van der Waals surface area (Å²) in [7, 11) is 0. The minimum atomic E-state index is -0.655. The summed E-state index contributed by atoms with van der Waals surface area (Å²) >= 11 is 0. The van der Waals surface area contributed by atoms with E-state index in [1.807, 2.05) is 0 Å². The molecule has 0 aliphatic heterocycles. The normalized spacial score (nSPS) is 10.0. The SMILES string of the molecule is NC(=O)c1ccccc1NC(=O)c1nonc1N. The van der Waals surface area contributed by atoms with Crippen LogP contribution in [0.4, 0.5) is 11.5 Å². The molecule has 5 N–H and O–H groups in total. The molecule has 0 spiro atoms. The molecule has 0 atom stereocenters. The smallest absolute Gasteiger partial charge is 0.281 e. The molecular formula is C10H9N5O3. The van der Waals surface area contributed by atoms with Crippen LogP contribution in [0.5, 0.6) is 0 Å². The van der Waals surface area contributed by atoms with E-state index in [9.17, 15) is 9.59 Å². The van der Waals surface area contributed by atoms with Crippen LogP contribution in [0.3, 0.4) is 0 Å². The largest absolute Gasteiger partial charge is 0.379 e. The van der Waals surface area contributed by atoms with E-state index in [0.717, 1.165) is 0 Å². The highest BCUT2D eigenvalue weighted by molar-refractivity contribution is 6.09. The predicted molar refractivity (Wildman–Crippen MR) is 61.6 cm³/mol. The third-order valence-electron chi connectivity index (χ3n) is 2.17. The Morgan fingerprint density at radius 3 is 2.56 bits per heavy atom. The fourth-order valence-corrected chi connectivity index (χ4v) is 1.34. The maximum Gasteiger partial charge on any atom is 0.281 e. The van der Waals surface area contributed by atoms with Crippen LogP contribution in [-0.2, 0) is 0 Å². The second-order valence-corrected chi connectivity index (χ2v) is 3.36. The van der Waals surface area contributed by atoms with E-state index in [1.165, 1.54) is 12.1 Å². The number of nitrogens with one attached hydrogen (secondary N) is 1. The van der Waals surface area contributed by atoms with Gasteiger partial charge < -0.3 is 16.8 Å². The zero-order valence-corrected chi connectivity index (χ0v) is 9.08. The number of carbonyl (C=O) groups excluding carboxylic acids is 2. The van der Waals surface area contributed by atoms with Crippen molar-refractivity contribution in [2.45, 2.75) is 0 Å². The monoisotopic (exact) mass is 247 g/mol. The van der Waals surface area contributed by atoms with Crippen LogP contribution in [0.15, 0.2) is 28.9 Å². The van der Waals surface area contributed by atoms with E-state index in [-0.39, 0.29) is 22.8 Å². The lowest BCUT2D eigenvalue weighted by Crippen LogP contribution is -2.19. The number of aromatic nitrogens is 2. The van der Waals surface area contributed by atoms with Gasteiger partial charge in [0.1, 0.15) is 0 Å². The van der Waals surface area contributed by atoms with Gasteiger partial charge in [0.2, 0.25) is 11.5 Å². The zero-order chi connectivity index (χ0) is 13.1. The molecule has 18 heavy (non-hydrogen) atoms. The number of hydrogen-bond donors (Lipinski definition) is 3. The fourth-order valence-electron chi connectivity index (χ4n) is 1.34. The van der Waals surface area contributed by atoms with Crippen LogP contribution < -0.4 is 16.8 Å². The maximum atomic E-state index is 11.8. The number of benzene rings is 1. The molecule has 0 unspecified atom stereocenters. The second kappa shape index (κ2) is 4.53. The summed E-state index contributed by atoms with van der Waals surface area (Å²) in [6.07, 6.45) is 0. The molecule has 8 nitrogen and oxygen atoms in total. The number of nitrogens with two attached hydrogens (primary N) is 2. The fraction of sp³-hybridized carbons (Fsp3) is 0. The first kappa shape index (κ1) is 11.6. The summed E-state index contributed by atoms with van der Waals surface area (Å²) in [5.74, 6) is -1.43. The van der Waals surface area contributed by atoms with Gasteiger partial charge in [-0.25, -0.2) is 4.63 Å². The molecule has 1 heterocycles. The number of rotatable bonds is 3. The molecule has 2 amide bonds. The standard InChI is InChI=1S/C10H9N5O3/c11-8-7(14-18-15-8)10(17)13-6-4-2-1-3-5(6)9(12)16/h1-4H,(H2,11,15)(H2,12,16)(H,13,17). The number of hydrogen-bond acceptors (Lipinski definition) is 6. The molecular weight excluding hydrogens is 238 g/mol. The molecule has 92 valence electrons. The molecule has 0 aliphatic rings. The van der Waals surface area contributed by atoms with Crippen molar-refractivity contribution < 1.29 is 14.2 Å². The van der Waals surface area contributed by atoms with Gasteiger partial charge in [-0.1, -0.05) is 12.1 Å². The Labute approximate surface area is 101 Å². The van der Waals surface area contributed by atoms with Crippen molar-refractivity contribution in [1.82, 2.24) is 10.3 Å². The number of nitrogen functional groups attached to an aromatic ring is 1. The predicted octanol–water partition coefficient (Wildman–Crippen LogP) is 0.00300. The van der Waals surface area contributed by atoms with Crippen LogP contribution in [0.2, 0.25) is 0 Å². The van der Waals surface area contributed by atoms with Gasteiger partial charge in [0.15, 0.2) is 0 Å². The van der Waals surface area contributed by atoms with E-state index in [2.05, 4.69) is 20.3 Å². The second-order valence-electron chi connectivity index (χ2n) is 3.36. The zero-order valence-electron chi connectivity index (χ0n) is 9.08. The number of nitrogens with zero attached hydrogens (tertiary/aromatic N) is 2. The summed E-state index contributed by atoms with van der Waals surface area (Å²) in [5.41, 5.74) is 10.8. The van der Waals surface area contributed by atoms with E-state index in [1.54, 1.807) is 12.1 Å². The lowest BCUT2D eigenvalue weighted by Gasteiger charge is -2.06. The highest BCUT2D eigenvalue weighted by atomic mass is 16.6. The number of anilines is 2. The third kappa shape index (κ3) is 2.12. The first-order valence-electron chi connectivity index (χ1n) is 4.88. The lowest BCUT2D eigenvalue weighted by atomic mass is 10.1. The molecule has 0 radical (unpaired) electrons. The number of para-hydroxylation sites is 1. The van der Waals surface area contributed by atoms with Crippen LogP contribution in [0.1, 0.15) is 20.8 Å². The Bertz CT molecular complexity index is 607. The summed E-state index contributed by atoms with van der Waals surface area (Å²) in [5, 5.41) is 9.08. The van der Waals surface area contributed by atoms with Gasteiger partial charge in [0, 0.05) is 0 Å². The molecule has 0 saturated carbocycles. The Morgan fingerprint density at radius 2 is 1.94 bits per heavy atom. The minimum absolute atomic E-state index is 0.135. The Hall–Kier alpha value is -2.90. The molecule has 0 saturated heterocycles. The average Bonchev–Trinajstić information content (AvgIpc) is 2.76. The quantitative estimate of drug-likeness (QED) is 0.698. The minimum Gasteiger partial charge on any atom is -0.379 e. The average molecular weight is 247 g/mol. The van der Waals surface area contributed by atoms with Gasteiger partial charge in [0.25, 0.3) is 11.8 Å². The number of carbonyl (C=O) groups is 2. The van der Waals surface area contributed by atoms with E-state index >= 15 is 0 Å². The molecule has 1 aromatic carbocycles. The van der Waals surface area contributed by atoms with Crippen LogP contribution in [-0.4, -0.2) is 22.1 Å². The highest BCUT2D eigenvalue weighted by Gasteiger charge is 2.18. The Kier molecular flexibility index (Phi) is 2.92. The molecule has 2 rings (SSSR count). The lowest BCUT2D eigenvalue weighted by molar-refractivity contribution is 0.100. The first-order valence-corrected chi connectivity index (χ1v) is 4.88. The third-order valence-corrected chi connectivity index (χ3v) is 2.17. The Balaban J connectivity index is 2.28. The van der Waals surface area contributed by atoms with Crippen LogP contribution >= 0.6 is 0 Å². The number of primary amides is 1. The van der Waals surface area contributed by atoms with Crippen LogP contribution in [0.25, 0.3) is 0 Å². The topological polar surface area (TPSA) is 137 Å². The van der Waals surface area contributed by atoms with Crippen LogP contribution in [0, 0.1) is 0 Å². The summed E-state index contributed by atoms with van der Waals surface area (Å²) in [6.45, 7) is 0. The molecule has 8 heteroatoms. The van der Waals surface area contributed by atoms with Crippen molar-refractivity contribution in [3.63, 3.8) is 0 Å². The van der Waals surface area contributed by atoms with Crippen molar-refractivity contribution in [3.8, 4) is 0 Å². The van der Waals surface area contributed by atoms with Crippen molar-refractivity contribution in [2.24, 2.45) is 5.73 Å². The van der Waals surface area contributed by atoms with Crippen molar-refractivity contribution in [1.29, 1.82) is 0 Å². The van der Waals surface area contributed by atoms with Gasteiger partial charge >= 0.3 is 0 Å². The highest BCUT2D eigenvalue weighted by Crippen LogP contribution is 2.16. The Morgan fingerprint density at radius 1 is 1.22 bits per heavy atom. The summed E-state index contributed by atoms with van der Waals surface area (Å²) < 4.78 is 4.30. The molecule has 0 aliphatic carbocycles.